The molecule has 13 heteroatoms. The van der Waals surface area contributed by atoms with Crippen LogP contribution in [0.5, 0.6) is 0 Å². The fraction of sp³-hybridized carbons (Fsp3) is 0.00870. The number of para-hydroxylation sites is 1. The van der Waals surface area contributed by atoms with Gasteiger partial charge < -0.3 is 15.4 Å². The van der Waals surface area contributed by atoms with Crippen molar-refractivity contribution >= 4 is 212 Å². The third kappa shape index (κ3) is 21.0. The van der Waals surface area contributed by atoms with Crippen molar-refractivity contribution < 1.29 is 10.0 Å². The minimum absolute atomic E-state index is 0. The predicted octanol–water partition coefficient (Wildman–Crippen LogP) is 36.4. The van der Waals surface area contributed by atoms with Gasteiger partial charge >= 0.3 is 7.12 Å². The molecule has 620 valence electrons. The lowest BCUT2D eigenvalue weighted by Crippen LogP contribution is -2.29. The fourth-order valence-electron chi connectivity index (χ4n) is 15.5. The Morgan fingerprint density at radius 3 is 0.703 bits per heavy atom. The molecule has 0 amide bonds. The highest BCUT2D eigenvalue weighted by Crippen LogP contribution is 2.44. The summed E-state index contributed by atoms with van der Waals surface area (Å²) in [6.45, 7) is 0. The number of thiophene rings is 4. The van der Waals surface area contributed by atoms with Crippen LogP contribution in [-0.4, -0.2) is 17.2 Å². The van der Waals surface area contributed by atoms with Crippen LogP contribution in [0.25, 0.3) is 170 Å². The van der Waals surface area contributed by atoms with Crippen molar-refractivity contribution in [3.05, 3.63) is 473 Å². The molecule has 4 heterocycles. The van der Waals surface area contributed by atoms with Gasteiger partial charge in [0.2, 0.25) is 0 Å². The van der Waals surface area contributed by atoms with E-state index in [1.807, 2.05) is 124 Å². The van der Waals surface area contributed by atoms with E-state index in [1.54, 1.807) is 24.3 Å². The van der Waals surface area contributed by atoms with Gasteiger partial charge in [-0.2, -0.15) is 0 Å². The van der Waals surface area contributed by atoms with Crippen LogP contribution in [0.2, 0.25) is 20.1 Å². The van der Waals surface area contributed by atoms with E-state index in [2.05, 4.69) is 367 Å². The van der Waals surface area contributed by atoms with Gasteiger partial charge in [0, 0.05) is 117 Å². The third-order valence-corrected chi connectivity index (χ3v) is 28.1. The monoisotopic (exact) mass is 1870 g/mol. The Balaban J connectivity index is 0.000000110. The highest BCUT2D eigenvalue weighted by molar-refractivity contribution is 9.10. The summed E-state index contributed by atoms with van der Waals surface area (Å²) in [6, 6.07) is 155. The van der Waals surface area contributed by atoms with Crippen molar-refractivity contribution in [1.82, 2.24) is 0 Å². The summed E-state index contributed by atoms with van der Waals surface area (Å²) in [5.41, 5.74) is 22.3. The summed E-state index contributed by atoms with van der Waals surface area (Å²) in [4.78, 5) is 0. The van der Waals surface area contributed by atoms with Crippen LogP contribution in [0, 0.1) is 0 Å². The molecule has 0 atom stereocenters. The number of hydrogen-bond donors (Lipinski definition) is 3. The molecule has 23 rings (SSSR count). The van der Waals surface area contributed by atoms with Crippen LogP contribution < -0.4 is 10.8 Å². The van der Waals surface area contributed by atoms with Crippen molar-refractivity contribution in [3.8, 4) is 89.0 Å². The number of anilines is 2. The van der Waals surface area contributed by atoms with Gasteiger partial charge in [-0.05, 0) is 264 Å². The second-order valence-electron chi connectivity index (χ2n) is 30.4. The molecule has 3 N–H and O–H groups in total. The Morgan fingerprint density at radius 2 is 0.398 bits per heavy atom. The van der Waals surface area contributed by atoms with Gasteiger partial charge in [-0.15, -0.1) is 45.3 Å². The molecule has 23 aromatic rings. The van der Waals surface area contributed by atoms with E-state index >= 15 is 0 Å². The number of benzene rings is 19. The molecule has 4 aromatic heterocycles. The Labute approximate surface area is 790 Å². The fourth-order valence-corrected chi connectivity index (χ4v) is 20.6. The molecule has 19 aromatic carbocycles. The number of fused-ring (bicyclic) bond motifs is 12. The summed E-state index contributed by atoms with van der Waals surface area (Å²) < 4.78 is 11.7. The van der Waals surface area contributed by atoms with Crippen molar-refractivity contribution in [1.29, 1.82) is 0 Å². The first-order valence-corrected chi connectivity index (χ1v) is 46.9. The maximum Gasteiger partial charge on any atom is 0.488 e. The highest BCUT2D eigenvalue weighted by atomic mass is 79.9. The Hall–Kier alpha value is -12.5. The number of nitrogens with one attached hydrogen (secondary N) is 1. The van der Waals surface area contributed by atoms with E-state index in [4.69, 9.17) is 56.5 Å². The SMILES string of the molecule is C.Clc1ccc(-c2ccc3sc4ccc(-c5ccccc5)cc4c3c2)cc1.Clc1ccc(-c2ccc3sc4ccc(-c5ccccc5)cc4c3c2)cc1.Clc1ccc(-c2ccc3sc4ccc(Br)cc4c3c2)cc1.Clc1ccc(-c2ccc3sc4ccccc4c3c2)cc1.OB(O)c1ccccc1.c1ccc(Nc2ccc(-c3ccc(-c4ccccc4)cc3)cc2)cc1. The molecule has 0 saturated carbocycles. The number of hydrogen-bond acceptors (Lipinski definition) is 7. The van der Waals surface area contributed by atoms with Crippen LogP contribution in [0.15, 0.2) is 453 Å². The maximum absolute atomic E-state index is 8.58. The van der Waals surface area contributed by atoms with Gasteiger partial charge in [-0.1, -0.05) is 349 Å². The molecule has 0 aliphatic carbocycles. The van der Waals surface area contributed by atoms with E-state index in [1.165, 1.54) is 170 Å². The first-order valence-electron chi connectivity index (χ1n) is 41.4. The lowest BCUT2D eigenvalue weighted by molar-refractivity contribution is 0.426. The van der Waals surface area contributed by atoms with Gasteiger partial charge in [-0.3, -0.25) is 0 Å². The molecule has 0 aliphatic rings. The Bertz CT molecular complexity index is 7500. The van der Waals surface area contributed by atoms with Crippen molar-refractivity contribution in [2.45, 2.75) is 7.43 Å². The number of halogens is 5. The Kier molecular flexibility index (Phi) is 28.1. The molecule has 0 unspecified atom stereocenters. The minimum Gasteiger partial charge on any atom is -0.423 e. The molecular formula is C115H81BBrCl4NO2S4. The van der Waals surface area contributed by atoms with Crippen molar-refractivity contribution in [2.75, 3.05) is 5.32 Å². The predicted molar refractivity (Wildman–Crippen MR) is 568 cm³/mol. The average molecular weight is 1870 g/mol. The van der Waals surface area contributed by atoms with Crippen LogP contribution in [0.4, 0.5) is 11.4 Å². The minimum atomic E-state index is -1.34. The molecule has 0 bridgehead atoms. The maximum atomic E-state index is 8.58. The van der Waals surface area contributed by atoms with Gasteiger partial charge in [0.1, 0.15) is 0 Å². The van der Waals surface area contributed by atoms with Crippen LogP contribution in [0.3, 0.4) is 0 Å². The van der Waals surface area contributed by atoms with Crippen molar-refractivity contribution in [3.63, 3.8) is 0 Å². The average Bonchev–Trinajstić information content (AvgIpc) is 1.62. The Morgan fingerprint density at radius 1 is 0.195 bits per heavy atom. The molecule has 0 fully saturated rings. The quantitative estimate of drug-likeness (QED) is 0.113. The molecule has 0 saturated heterocycles. The van der Waals surface area contributed by atoms with Crippen LogP contribution in [0.1, 0.15) is 7.43 Å². The normalized spacial score (nSPS) is 10.9. The molecule has 3 nitrogen and oxygen atoms in total. The van der Waals surface area contributed by atoms with E-state index in [0.29, 0.717) is 5.46 Å². The summed E-state index contributed by atoms with van der Waals surface area (Å²) in [5, 5.41) is 34.2. The topological polar surface area (TPSA) is 52.5 Å². The first-order chi connectivity index (χ1) is 62.3. The van der Waals surface area contributed by atoms with E-state index in [-0.39, 0.29) is 7.43 Å². The van der Waals surface area contributed by atoms with E-state index in [0.717, 1.165) is 35.9 Å². The molecule has 0 radical (unpaired) electrons. The van der Waals surface area contributed by atoms with Gasteiger partial charge in [0.15, 0.2) is 0 Å². The zero-order chi connectivity index (χ0) is 86.5. The van der Waals surface area contributed by atoms with E-state index < -0.39 is 7.12 Å². The van der Waals surface area contributed by atoms with Crippen molar-refractivity contribution in [2.24, 2.45) is 0 Å². The zero-order valence-corrected chi connectivity index (χ0v) is 76.1. The highest BCUT2D eigenvalue weighted by Gasteiger charge is 2.15. The smallest absolute Gasteiger partial charge is 0.423 e. The molecule has 0 spiro atoms. The lowest BCUT2D eigenvalue weighted by atomic mass is 9.81. The summed E-state index contributed by atoms with van der Waals surface area (Å²) in [5.74, 6) is 0. The van der Waals surface area contributed by atoms with Crippen LogP contribution in [-0.2, 0) is 0 Å². The number of rotatable bonds is 11. The van der Waals surface area contributed by atoms with Gasteiger partial charge in [0.05, 0.1) is 0 Å². The van der Waals surface area contributed by atoms with Gasteiger partial charge in [0.25, 0.3) is 0 Å². The van der Waals surface area contributed by atoms with Crippen LogP contribution >= 0.6 is 108 Å². The largest absolute Gasteiger partial charge is 0.488 e. The third-order valence-electron chi connectivity index (χ3n) is 22.0. The summed E-state index contributed by atoms with van der Waals surface area (Å²) >= 11 is 34.9. The lowest BCUT2D eigenvalue weighted by Gasteiger charge is -2.08. The summed E-state index contributed by atoms with van der Waals surface area (Å²) in [6.07, 6.45) is 0. The van der Waals surface area contributed by atoms with E-state index in [9.17, 15) is 0 Å². The molecule has 128 heavy (non-hydrogen) atoms. The second kappa shape index (κ2) is 41.1. The van der Waals surface area contributed by atoms with Gasteiger partial charge in [-0.25, -0.2) is 0 Å². The molecule has 0 aliphatic heterocycles. The zero-order valence-electron chi connectivity index (χ0n) is 68.2. The first kappa shape index (κ1) is 87.6. The second-order valence-corrected chi connectivity index (χ2v) is 37.4. The standard InChI is InChI=1S/2C24H15ClS.C24H19N.C18H10BrClS.C18H11ClS.C6H7BO2.CH4/c2*25-20-10-6-17(7-11-20)19-9-13-24-22(15-19)21-14-18(8-12-23(21)26-24)16-4-2-1-3-5-16;1-3-7-19(8-4-1)20-11-13-21(14-12-20)22-15-17-24(18-16-22)25-23-9-5-2-6-10-23;19-13-4-8-18-16(10-13)15-9-12(3-7-17(15)21-18)11-1-5-14(20)6-2-11;19-14-8-5-12(6-9-14)13-7-10-18-16(11-13)15-3-1-2-4-17(15)20-18;8-7(9)6-4-2-1-3-5-6;/h2*1-15H;1-18,25H;1-10H;1-11H;1-5,8-9H;1H4. The molecular weight excluding hydrogens is 1790 g/mol. The summed E-state index contributed by atoms with van der Waals surface area (Å²) in [7, 11) is -1.34.